The van der Waals surface area contributed by atoms with Gasteiger partial charge in [-0.15, -0.1) is 6.58 Å². The Balaban J connectivity index is 2.21. The molecule has 25 heavy (non-hydrogen) atoms. The Hall–Kier alpha value is -2.47. The van der Waals surface area contributed by atoms with Crippen LogP contribution in [-0.4, -0.2) is 20.3 Å². The molecule has 0 spiro atoms. The monoisotopic (exact) mass is 354 g/mol. The van der Waals surface area contributed by atoms with Crippen LogP contribution in [0, 0.1) is 20.8 Å². The molecule has 2 aromatic heterocycles. The van der Waals surface area contributed by atoms with Crippen molar-refractivity contribution in [2.24, 2.45) is 4.99 Å². The average molecular weight is 354 g/mol. The topological polar surface area (TPSA) is 52.2 Å². The van der Waals surface area contributed by atoms with Gasteiger partial charge in [0.15, 0.2) is 4.80 Å². The zero-order chi connectivity index (χ0) is 18.1. The van der Waals surface area contributed by atoms with Gasteiger partial charge in [-0.3, -0.25) is 9.48 Å². The lowest BCUT2D eigenvalue weighted by Crippen LogP contribution is -2.17. The highest BCUT2D eigenvalue weighted by Gasteiger charge is 2.14. The van der Waals surface area contributed by atoms with Gasteiger partial charge in [-0.05, 0) is 51.0 Å². The minimum atomic E-state index is -0.263. The number of carbonyl (C=O) groups excluding carboxylic acids is 1. The summed E-state index contributed by atoms with van der Waals surface area (Å²) in [6.45, 7) is 13.1. The first-order valence-corrected chi connectivity index (χ1v) is 9.11. The van der Waals surface area contributed by atoms with Crippen LogP contribution in [0.2, 0.25) is 0 Å². The van der Waals surface area contributed by atoms with E-state index in [1.54, 1.807) is 22.1 Å². The van der Waals surface area contributed by atoms with Crippen molar-refractivity contribution in [2.75, 3.05) is 0 Å². The number of hydrogen-bond acceptors (Lipinski definition) is 3. The third-order valence-corrected chi connectivity index (χ3v) is 5.27. The van der Waals surface area contributed by atoms with Crippen LogP contribution in [0.5, 0.6) is 0 Å². The number of benzene rings is 1. The van der Waals surface area contributed by atoms with Crippen LogP contribution in [0.15, 0.2) is 35.8 Å². The number of aromatic nitrogens is 3. The molecule has 0 fully saturated rings. The van der Waals surface area contributed by atoms with Crippen molar-refractivity contribution < 1.29 is 4.79 Å². The summed E-state index contributed by atoms with van der Waals surface area (Å²) < 4.78 is 4.89. The molecule has 0 radical (unpaired) electrons. The van der Waals surface area contributed by atoms with Gasteiger partial charge in [-0.1, -0.05) is 23.5 Å². The van der Waals surface area contributed by atoms with E-state index < -0.39 is 0 Å². The summed E-state index contributed by atoms with van der Waals surface area (Å²) in [4.78, 5) is 17.8. The molecule has 0 bridgehead atoms. The summed E-state index contributed by atoms with van der Waals surface area (Å²) in [6, 6.07) is 6.07. The first kappa shape index (κ1) is 17.4. The predicted molar refractivity (Wildman–Crippen MR) is 102 cm³/mol. The van der Waals surface area contributed by atoms with Gasteiger partial charge in [0.1, 0.15) is 5.69 Å². The number of nitrogens with zero attached hydrogens (tertiary/aromatic N) is 4. The Morgan fingerprint density at radius 3 is 2.76 bits per heavy atom. The summed E-state index contributed by atoms with van der Waals surface area (Å²) in [6.07, 6.45) is 1.83. The lowest BCUT2D eigenvalue weighted by molar-refractivity contribution is 0.0987. The number of hydrogen-bond donors (Lipinski definition) is 0. The number of amides is 1. The van der Waals surface area contributed by atoms with Crippen molar-refractivity contribution in [3.63, 3.8) is 0 Å². The summed E-state index contributed by atoms with van der Waals surface area (Å²) in [5.41, 5.74) is 4.83. The van der Waals surface area contributed by atoms with E-state index in [-0.39, 0.29) is 5.91 Å². The number of fused-ring (bicyclic) bond motifs is 1. The summed E-state index contributed by atoms with van der Waals surface area (Å²) in [7, 11) is 0. The van der Waals surface area contributed by atoms with Gasteiger partial charge >= 0.3 is 0 Å². The van der Waals surface area contributed by atoms with Gasteiger partial charge < -0.3 is 4.57 Å². The molecule has 1 aromatic carbocycles. The van der Waals surface area contributed by atoms with E-state index in [9.17, 15) is 4.79 Å². The fourth-order valence-electron chi connectivity index (χ4n) is 3.01. The molecular formula is C19H22N4OS. The van der Waals surface area contributed by atoms with E-state index in [0.717, 1.165) is 15.9 Å². The zero-order valence-corrected chi connectivity index (χ0v) is 15.9. The molecule has 2 heterocycles. The molecule has 0 saturated heterocycles. The van der Waals surface area contributed by atoms with Crippen LogP contribution in [0.1, 0.15) is 34.2 Å². The Bertz CT molecular complexity index is 1040. The highest BCUT2D eigenvalue weighted by Crippen LogP contribution is 2.23. The Labute approximate surface area is 150 Å². The van der Waals surface area contributed by atoms with Crippen molar-refractivity contribution in [2.45, 2.75) is 40.8 Å². The number of thiazole rings is 1. The molecule has 0 N–H and O–H groups in total. The fourth-order valence-corrected chi connectivity index (χ4v) is 4.09. The molecule has 0 aliphatic rings. The minimum absolute atomic E-state index is 0.263. The first-order valence-electron chi connectivity index (χ1n) is 8.29. The van der Waals surface area contributed by atoms with E-state index >= 15 is 0 Å². The van der Waals surface area contributed by atoms with E-state index in [1.165, 1.54) is 11.1 Å². The van der Waals surface area contributed by atoms with Crippen LogP contribution >= 0.6 is 11.3 Å². The van der Waals surface area contributed by atoms with Gasteiger partial charge in [0.25, 0.3) is 5.91 Å². The van der Waals surface area contributed by atoms with Crippen molar-refractivity contribution >= 4 is 27.5 Å². The largest absolute Gasteiger partial charge is 0.312 e. The second kappa shape index (κ2) is 6.80. The first-order chi connectivity index (χ1) is 11.9. The normalized spacial score (nSPS) is 12.1. The lowest BCUT2D eigenvalue weighted by atomic mass is 10.1. The third kappa shape index (κ3) is 3.22. The molecule has 6 heteroatoms. The smallest absolute Gasteiger partial charge is 0.297 e. The maximum absolute atomic E-state index is 12.7. The van der Waals surface area contributed by atoms with Gasteiger partial charge in [0.05, 0.1) is 15.9 Å². The number of rotatable bonds is 4. The van der Waals surface area contributed by atoms with Gasteiger partial charge in [0, 0.05) is 13.1 Å². The molecule has 130 valence electrons. The maximum Gasteiger partial charge on any atom is 0.297 e. The molecule has 0 aliphatic heterocycles. The zero-order valence-electron chi connectivity index (χ0n) is 15.0. The highest BCUT2D eigenvalue weighted by molar-refractivity contribution is 7.16. The second-order valence-corrected chi connectivity index (χ2v) is 7.10. The maximum atomic E-state index is 12.7. The van der Waals surface area contributed by atoms with Crippen LogP contribution in [0.25, 0.3) is 10.2 Å². The van der Waals surface area contributed by atoms with Crippen molar-refractivity contribution in [3.05, 3.63) is 58.2 Å². The van der Waals surface area contributed by atoms with Crippen LogP contribution in [-0.2, 0) is 13.1 Å². The van der Waals surface area contributed by atoms with Crippen molar-refractivity contribution in [1.82, 2.24) is 14.3 Å². The van der Waals surface area contributed by atoms with Gasteiger partial charge in [-0.2, -0.15) is 10.1 Å². The molecule has 5 nitrogen and oxygen atoms in total. The number of aryl methyl sites for hydroxylation is 4. The minimum Gasteiger partial charge on any atom is -0.312 e. The summed E-state index contributed by atoms with van der Waals surface area (Å²) in [5.74, 6) is -0.263. The molecule has 1 amide bonds. The van der Waals surface area contributed by atoms with Crippen LogP contribution < -0.4 is 4.80 Å². The summed E-state index contributed by atoms with van der Waals surface area (Å²) >= 11 is 1.54. The second-order valence-electron chi connectivity index (χ2n) is 6.12. The van der Waals surface area contributed by atoms with E-state index in [2.05, 4.69) is 42.7 Å². The van der Waals surface area contributed by atoms with Crippen LogP contribution in [0.3, 0.4) is 0 Å². The fraction of sp³-hybridized carbons (Fsp3) is 0.316. The third-order valence-electron chi connectivity index (χ3n) is 4.04. The Kier molecular flexibility index (Phi) is 4.72. The molecule has 3 rings (SSSR count). The van der Waals surface area contributed by atoms with Crippen molar-refractivity contribution in [1.29, 1.82) is 0 Å². The molecular weight excluding hydrogens is 332 g/mol. The molecule has 0 unspecified atom stereocenters. The lowest BCUT2D eigenvalue weighted by Gasteiger charge is -2.04. The summed E-state index contributed by atoms with van der Waals surface area (Å²) in [5, 5.41) is 4.34. The predicted octanol–water partition coefficient (Wildman–Crippen LogP) is 3.77. The number of carbonyl (C=O) groups is 1. The van der Waals surface area contributed by atoms with Crippen LogP contribution in [0.4, 0.5) is 0 Å². The quantitative estimate of drug-likeness (QED) is 0.670. The Morgan fingerprint density at radius 1 is 1.32 bits per heavy atom. The van der Waals surface area contributed by atoms with Gasteiger partial charge in [-0.25, -0.2) is 0 Å². The molecule has 0 atom stereocenters. The van der Waals surface area contributed by atoms with E-state index in [1.807, 2.05) is 24.5 Å². The Morgan fingerprint density at radius 2 is 2.08 bits per heavy atom. The van der Waals surface area contributed by atoms with Crippen molar-refractivity contribution in [3.8, 4) is 0 Å². The van der Waals surface area contributed by atoms with E-state index in [0.29, 0.717) is 23.6 Å². The highest BCUT2D eigenvalue weighted by atomic mass is 32.1. The van der Waals surface area contributed by atoms with E-state index in [4.69, 9.17) is 0 Å². The molecule has 0 aliphatic carbocycles. The standard InChI is InChI=1S/C19H22N4OS/c1-6-8-22-15-10-12(3)9-13(4)17(15)25-19(22)20-18(24)16-11-14(5)21-23(16)7-2/h6,9-11H,1,7-8H2,2-5H3. The SMILES string of the molecule is C=CCn1c(=NC(=O)c2cc(C)nn2CC)sc2c(C)cc(C)cc21. The number of allylic oxidation sites excluding steroid dienone is 1. The average Bonchev–Trinajstić information content (AvgIpc) is 3.09. The molecule has 3 aromatic rings. The van der Waals surface area contributed by atoms with Gasteiger partial charge in [0.2, 0.25) is 0 Å². The molecule has 0 saturated carbocycles.